The summed E-state index contributed by atoms with van der Waals surface area (Å²) < 4.78 is 0. The van der Waals surface area contributed by atoms with Crippen molar-refractivity contribution in [2.75, 3.05) is 6.54 Å². The fraction of sp³-hybridized carbons (Fsp3) is 0.391. The Morgan fingerprint density at radius 3 is 2.37 bits per heavy atom. The number of hydrogen-bond acceptors (Lipinski definition) is 2. The molecule has 0 spiro atoms. The maximum absolute atomic E-state index is 13.1. The van der Waals surface area contributed by atoms with Crippen molar-refractivity contribution in [3.63, 3.8) is 0 Å². The third-order valence-corrected chi connectivity index (χ3v) is 5.18. The summed E-state index contributed by atoms with van der Waals surface area (Å²) in [5, 5.41) is 2.98. The summed E-state index contributed by atoms with van der Waals surface area (Å²) in [6.45, 7) is 5.30. The molecule has 0 bridgehead atoms. The Balaban J connectivity index is 1.59. The second-order valence-electron chi connectivity index (χ2n) is 7.55. The Kier molecular flexibility index (Phi) is 6.28. The summed E-state index contributed by atoms with van der Waals surface area (Å²) in [6.07, 6.45) is 1.95. The van der Waals surface area contributed by atoms with Crippen molar-refractivity contribution in [1.29, 1.82) is 0 Å². The predicted octanol–water partition coefficient (Wildman–Crippen LogP) is 3.34. The minimum Gasteiger partial charge on any atom is -0.344 e. The van der Waals surface area contributed by atoms with Gasteiger partial charge in [0.25, 0.3) is 0 Å². The number of aryl methyl sites for hydroxylation is 1. The second kappa shape index (κ2) is 8.85. The van der Waals surface area contributed by atoms with Crippen LogP contribution in [0.15, 0.2) is 54.6 Å². The van der Waals surface area contributed by atoms with E-state index in [-0.39, 0.29) is 17.7 Å². The molecule has 4 heteroatoms. The van der Waals surface area contributed by atoms with Crippen molar-refractivity contribution in [3.8, 4) is 0 Å². The topological polar surface area (TPSA) is 49.4 Å². The molecule has 0 aromatic heterocycles. The van der Waals surface area contributed by atoms with Crippen LogP contribution in [0.2, 0.25) is 0 Å². The molecule has 4 nitrogen and oxygen atoms in total. The molecule has 2 amide bonds. The first kappa shape index (κ1) is 19.2. The number of carbonyl (C=O) groups is 2. The first-order valence-corrected chi connectivity index (χ1v) is 9.73. The van der Waals surface area contributed by atoms with Crippen LogP contribution in [0.4, 0.5) is 0 Å². The molecule has 0 saturated carbocycles. The molecular formula is C23H28N2O2. The fourth-order valence-corrected chi connectivity index (χ4v) is 3.54. The average Bonchev–Trinajstić information content (AvgIpc) is 2.70. The largest absolute Gasteiger partial charge is 0.344 e. The second-order valence-corrected chi connectivity index (χ2v) is 7.55. The van der Waals surface area contributed by atoms with E-state index in [1.807, 2.05) is 61.2 Å². The fourth-order valence-electron chi connectivity index (χ4n) is 3.54. The van der Waals surface area contributed by atoms with E-state index in [2.05, 4.69) is 17.4 Å². The van der Waals surface area contributed by atoms with Gasteiger partial charge in [0.05, 0.1) is 0 Å². The van der Waals surface area contributed by atoms with Crippen molar-refractivity contribution in [2.24, 2.45) is 5.92 Å². The van der Waals surface area contributed by atoms with E-state index < -0.39 is 6.04 Å². The Bertz CT molecular complexity index is 786. The molecule has 142 valence electrons. The van der Waals surface area contributed by atoms with Crippen molar-refractivity contribution < 1.29 is 9.59 Å². The molecule has 27 heavy (non-hydrogen) atoms. The normalized spacial score (nSPS) is 14.6. The molecule has 0 unspecified atom stereocenters. The van der Waals surface area contributed by atoms with Crippen LogP contribution in [-0.2, 0) is 29.0 Å². The highest BCUT2D eigenvalue weighted by molar-refractivity contribution is 5.88. The molecule has 1 aliphatic heterocycles. The van der Waals surface area contributed by atoms with Crippen LogP contribution in [0, 0.1) is 5.92 Å². The van der Waals surface area contributed by atoms with E-state index in [1.54, 1.807) is 0 Å². The number of fused-ring (bicyclic) bond motifs is 1. The van der Waals surface area contributed by atoms with Gasteiger partial charge in [-0.25, -0.2) is 0 Å². The molecule has 3 rings (SSSR count). The van der Waals surface area contributed by atoms with E-state index in [9.17, 15) is 9.59 Å². The summed E-state index contributed by atoms with van der Waals surface area (Å²) in [6, 6.07) is 17.7. The van der Waals surface area contributed by atoms with Gasteiger partial charge in [-0.05, 0) is 35.4 Å². The van der Waals surface area contributed by atoms with E-state index >= 15 is 0 Å². The third kappa shape index (κ3) is 4.97. The van der Waals surface area contributed by atoms with Gasteiger partial charge in [0.15, 0.2) is 0 Å². The van der Waals surface area contributed by atoms with Crippen LogP contribution in [-0.4, -0.2) is 29.3 Å². The van der Waals surface area contributed by atoms with Crippen molar-refractivity contribution in [3.05, 3.63) is 71.3 Å². The zero-order chi connectivity index (χ0) is 19.2. The highest BCUT2D eigenvalue weighted by atomic mass is 16.2. The lowest BCUT2D eigenvalue weighted by Gasteiger charge is -2.33. The average molecular weight is 364 g/mol. The van der Waals surface area contributed by atoms with Gasteiger partial charge in [-0.15, -0.1) is 0 Å². The molecule has 0 radical (unpaired) electrons. The number of amides is 2. The maximum Gasteiger partial charge on any atom is 0.245 e. The maximum atomic E-state index is 13.1. The molecule has 0 saturated heterocycles. The van der Waals surface area contributed by atoms with Crippen molar-refractivity contribution in [2.45, 2.75) is 45.7 Å². The van der Waals surface area contributed by atoms with E-state index in [1.165, 1.54) is 11.1 Å². The quantitative estimate of drug-likeness (QED) is 0.855. The highest BCUT2D eigenvalue weighted by Gasteiger charge is 2.30. The van der Waals surface area contributed by atoms with E-state index in [0.717, 1.165) is 12.0 Å². The van der Waals surface area contributed by atoms with Crippen molar-refractivity contribution >= 4 is 11.8 Å². The van der Waals surface area contributed by atoms with Crippen molar-refractivity contribution in [1.82, 2.24) is 10.2 Å². The van der Waals surface area contributed by atoms with Gasteiger partial charge in [0.2, 0.25) is 11.8 Å². The minimum atomic E-state index is -0.474. The number of rotatable bonds is 6. The van der Waals surface area contributed by atoms with Gasteiger partial charge in [-0.3, -0.25) is 9.59 Å². The zero-order valence-corrected chi connectivity index (χ0v) is 16.2. The lowest BCUT2D eigenvalue weighted by molar-refractivity contribution is -0.138. The first-order chi connectivity index (χ1) is 13.0. The number of nitrogens with one attached hydrogen (secondary N) is 1. The molecule has 0 aliphatic carbocycles. The monoisotopic (exact) mass is 364 g/mol. The molecule has 1 aliphatic rings. The highest BCUT2D eigenvalue weighted by Crippen LogP contribution is 2.20. The zero-order valence-electron chi connectivity index (χ0n) is 16.2. The number of nitrogens with zero attached hydrogens (tertiary/aromatic N) is 1. The van der Waals surface area contributed by atoms with Crippen LogP contribution in [0.25, 0.3) is 0 Å². The molecule has 2 aromatic rings. The van der Waals surface area contributed by atoms with Gasteiger partial charge in [-0.1, -0.05) is 68.4 Å². The Labute approximate surface area is 161 Å². The van der Waals surface area contributed by atoms with Gasteiger partial charge < -0.3 is 10.2 Å². The Hall–Kier alpha value is -2.62. The smallest absolute Gasteiger partial charge is 0.245 e. The van der Waals surface area contributed by atoms with Gasteiger partial charge in [-0.2, -0.15) is 0 Å². The molecular weight excluding hydrogens is 336 g/mol. The standard InChI is InChI=1S/C23H28N2O2/c1-17(2)22(24-21(26)13-12-18-8-4-3-5-9-18)23(27)25-15-14-19-10-6-7-11-20(19)16-25/h3-11,17,22H,12-16H2,1-2H3,(H,24,26)/t22-/m1/s1. The van der Waals surface area contributed by atoms with E-state index in [4.69, 9.17) is 0 Å². The van der Waals surface area contributed by atoms with Crippen LogP contribution in [0.5, 0.6) is 0 Å². The summed E-state index contributed by atoms with van der Waals surface area (Å²) >= 11 is 0. The Morgan fingerprint density at radius 1 is 1.00 bits per heavy atom. The summed E-state index contributed by atoms with van der Waals surface area (Å²) in [5.74, 6) is 0.00576. The van der Waals surface area contributed by atoms with Crippen LogP contribution in [0.3, 0.4) is 0 Å². The van der Waals surface area contributed by atoms with Crippen LogP contribution < -0.4 is 5.32 Å². The van der Waals surface area contributed by atoms with Crippen LogP contribution >= 0.6 is 0 Å². The Morgan fingerprint density at radius 2 is 1.67 bits per heavy atom. The predicted molar refractivity (Wildman–Crippen MR) is 107 cm³/mol. The molecule has 1 N–H and O–H groups in total. The molecule has 2 aromatic carbocycles. The number of hydrogen-bond donors (Lipinski definition) is 1. The van der Waals surface area contributed by atoms with Gasteiger partial charge in [0.1, 0.15) is 6.04 Å². The summed E-state index contributed by atoms with van der Waals surface area (Å²) in [7, 11) is 0. The van der Waals surface area contributed by atoms with Gasteiger partial charge >= 0.3 is 0 Å². The summed E-state index contributed by atoms with van der Waals surface area (Å²) in [4.78, 5) is 27.4. The lowest BCUT2D eigenvalue weighted by Crippen LogP contribution is -2.52. The number of benzene rings is 2. The lowest BCUT2D eigenvalue weighted by atomic mass is 9.97. The first-order valence-electron chi connectivity index (χ1n) is 9.73. The number of carbonyl (C=O) groups excluding carboxylic acids is 2. The summed E-state index contributed by atoms with van der Waals surface area (Å²) in [5.41, 5.74) is 3.65. The molecule has 0 fully saturated rings. The minimum absolute atomic E-state index is 0.0209. The van der Waals surface area contributed by atoms with Gasteiger partial charge in [0, 0.05) is 19.5 Å². The van der Waals surface area contributed by atoms with Crippen LogP contribution in [0.1, 0.15) is 37.0 Å². The third-order valence-electron chi connectivity index (χ3n) is 5.18. The SMILES string of the molecule is CC(C)[C@@H](NC(=O)CCc1ccccc1)C(=O)N1CCc2ccccc2C1. The molecule has 1 atom stereocenters. The molecule has 1 heterocycles. The van der Waals surface area contributed by atoms with E-state index in [0.29, 0.717) is 25.9 Å².